The van der Waals surface area contributed by atoms with Crippen molar-refractivity contribution in [3.8, 4) is 0 Å². The topological polar surface area (TPSA) is 168 Å². The summed E-state index contributed by atoms with van der Waals surface area (Å²) in [5.74, 6) is -3.94. The molecule has 4 amide bonds. The summed E-state index contributed by atoms with van der Waals surface area (Å²) in [5, 5.41) is 11.6. The van der Waals surface area contributed by atoms with Gasteiger partial charge in [0, 0.05) is 24.0 Å². The molecule has 1 aromatic heterocycles. The normalized spacial score (nSPS) is 17.7. The van der Waals surface area contributed by atoms with E-state index in [0.717, 1.165) is 6.07 Å². The number of alkyl halides is 3. The molecule has 0 saturated heterocycles. The number of carbonyl (C=O) groups is 4. The maximum absolute atomic E-state index is 14.8. The summed E-state index contributed by atoms with van der Waals surface area (Å²) in [4.78, 5) is 59.1. The fourth-order valence-electron chi connectivity index (χ4n) is 7.41. The first kappa shape index (κ1) is 47.4. The van der Waals surface area contributed by atoms with Gasteiger partial charge in [-0.05, 0) is 74.6 Å². The van der Waals surface area contributed by atoms with E-state index >= 15 is 0 Å². The van der Waals surface area contributed by atoms with Gasteiger partial charge in [-0.15, -0.1) is 0 Å². The number of fused-ring (bicyclic) bond motifs is 3. The van der Waals surface area contributed by atoms with E-state index in [9.17, 15) is 41.3 Å². The van der Waals surface area contributed by atoms with Crippen LogP contribution in [-0.4, -0.2) is 72.2 Å². The highest BCUT2D eigenvalue weighted by atomic mass is 31.2. The second kappa shape index (κ2) is 20.8. The molecule has 5 N–H and O–H groups in total. The Kier molecular flexibility index (Phi) is 16.7. The first-order valence-corrected chi connectivity index (χ1v) is 22.2. The van der Waals surface area contributed by atoms with Crippen LogP contribution in [0.1, 0.15) is 96.0 Å². The first-order chi connectivity index (χ1) is 27.9. The van der Waals surface area contributed by atoms with E-state index in [0.29, 0.717) is 36.9 Å². The SMILES string of the molecule is CCOP(=O)(CCCCNC(=O)C(NC(=O)[C@]1(NC(=O)C(NC(=O)Cc2ccccc2F)C(C)CC)CCc2[nH]c3c(C(F)(F)F)cccc3c2C1)C(C)CC)OCC. The van der Waals surface area contributed by atoms with Gasteiger partial charge in [0.15, 0.2) is 0 Å². The number of rotatable bonds is 21. The Morgan fingerprint density at radius 3 is 2.14 bits per heavy atom. The third-order valence-corrected chi connectivity index (χ3v) is 13.3. The number of halogens is 4. The summed E-state index contributed by atoms with van der Waals surface area (Å²) in [6, 6.07) is 7.32. The molecule has 0 saturated carbocycles. The number of amides is 4. The van der Waals surface area contributed by atoms with E-state index in [1.54, 1.807) is 33.8 Å². The molecular formula is C42H58F4N5O7P. The molecule has 1 aliphatic rings. The van der Waals surface area contributed by atoms with Gasteiger partial charge in [-0.25, -0.2) is 4.39 Å². The minimum absolute atomic E-state index is 0.0449. The van der Waals surface area contributed by atoms with E-state index < -0.39 is 72.3 Å². The first-order valence-electron chi connectivity index (χ1n) is 20.4. The molecule has 59 heavy (non-hydrogen) atoms. The lowest BCUT2D eigenvalue weighted by Gasteiger charge is -2.39. The number of benzene rings is 2. The smallest absolute Gasteiger partial charge is 0.358 e. The summed E-state index contributed by atoms with van der Waals surface area (Å²) in [6.07, 6.45) is -3.22. The minimum Gasteiger partial charge on any atom is -0.358 e. The lowest BCUT2D eigenvalue weighted by molar-refractivity contribution is -0.139. The number of aromatic amines is 1. The van der Waals surface area contributed by atoms with Crippen molar-refractivity contribution in [2.24, 2.45) is 11.8 Å². The molecule has 12 nitrogen and oxygen atoms in total. The van der Waals surface area contributed by atoms with Gasteiger partial charge in [-0.2, -0.15) is 13.2 Å². The quantitative estimate of drug-likeness (QED) is 0.0432. The third-order valence-electron chi connectivity index (χ3n) is 11.1. The van der Waals surface area contributed by atoms with Crippen LogP contribution >= 0.6 is 7.60 Å². The van der Waals surface area contributed by atoms with Gasteiger partial charge >= 0.3 is 13.8 Å². The molecule has 4 rings (SSSR count). The zero-order chi connectivity index (χ0) is 43.5. The van der Waals surface area contributed by atoms with Crippen LogP contribution in [0.25, 0.3) is 10.9 Å². The molecule has 3 aromatic rings. The number of carbonyl (C=O) groups excluding carboxylic acids is 4. The highest BCUT2D eigenvalue weighted by Crippen LogP contribution is 2.48. The van der Waals surface area contributed by atoms with Crippen molar-refractivity contribution < 1.29 is 50.4 Å². The number of hydrogen-bond donors (Lipinski definition) is 5. The van der Waals surface area contributed by atoms with Crippen LogP contribution in [0.5, 0.6) is 0 Å². The summed E-state index contributed by atoms with van der Waals surface area (Å²) < 4.78 is 80.3. The Morgan fingerprint density at radius 1 is 0.881 bits per heavy atom. The van der Waals surface area contributed by atoms with Crippen LogP contribution in [0.2, 0.25) is 0 Å². The number of hydrogen-bond acceptors (Lipinski definition) is 7. The van der Waals surface area contributed by atoms with E-state index in [1.165, 1.54) is 30.3 Å². The molecule has 326 valence electrons. The van der Waals surface area contributed by atoms with Crippen molar-refractivity contribution in [1.29, 1.82) is 0 Å². The van der Waals surface area contributed by atoms with Crippen LogP contribution in [0.15, 0.2) is 42.5 Å². The Labute approximate surface area is 343 Å². The summed E-state index contributed by atoms with van der Waals surface area (Å²) >= 11 is 0. The molecule has 2 aromatic carbocycles. The number of aryl methyl sites for hydroxylation is 1. The van der Waals surface area contributed by atoms with E-state index in [4.69, 9.17) is 9.05 Å². The third kappa shape index (κ3) is 11.9. The lowest BCUT2D eigenvalue weighted by Crippen LogP contribution is -2.67. The van der Waals surface area contributed by atoms with Gasteiger partial charge < -0.3 is 35.3 Å². The van der Waals surface area contributed by atoms with Crippen molar-refractivity contribution >= 4 is 42.1 Å². The largest absolute Gasteiger partial charge is 0.418 e. The second-order valence-electron chi connectivity index (χ2n) is 15.3. The van der Waals surface area contributed by atoms with Crippen LogP contribution in [0.3, 0.4) is 0 Å². The maximum Gasteiger partial charge on any atom is 0.418 e. The van der Waals surface area contributed by atoms with Crippen LogP contribution in [-0.2, 0) is 58.2 Å². The summed E-state index contributed by atoms with van der Waals surface area (Å²) in [6.45, 7) is 11.3. The lowest BCUT2D eigenvalue weighted by atomic mass is 9.78. The van der Waals surface area contributed by atoms with Crippen molar-refractivity contribution in [3.05, 3.63) is 70.7 Å². The molecular weight excluding hydrogens is 793 g/mol. The Bertz CT molecular complexity index is 1980. The highest BCUT2D eigenvalue weighted by Gasteiger charge is 2.47. The van der Waals surface area contributed by atoms with Gasteiger partial charge in [0.25, 0.3) is 0 Å². The van der Waals surface area contributed by atoms with Crippen LogP contribution < -0.4 is 21.3 Å². The standard InChI is InChI=1S/C42H58F4N5O7P/c1-7-26(5)35(38(53)47-22-13-14-23-59(56,57-9-3)58-10-4)50-40(55)41(21-20-33-30(25-41)29-17-15-18-31(37(29)48-33)42(44,45)46)51-39(54)36(27(6)8-2)49-34(52)24-28-16-11-12-19-32(28)43/h11-12,15-19,26-27,35-36,48H,7-10,13-14,20-25H2,1-6H3,(H,47,53)(H,49,52)(H,50,55)(H,51,54)/t26?,27?,35?,36?,41-/m0/s1. The predicted octanol–water partition coefficient (Wildman–Crippen LogP) is 7.14. The monoisotopic (exact) mass is 851 g/mol. The number of aromatic nitrogens is 1. The van der Waals surface area contributed by atoms with Crippen LogP contribution in [0.4, 0.5) is 17.6 Å². The highest BCUT2D eigenvalue weighted by molar-refractivity contribution is 7.53. The van der Waals surface area contributed by atoms with E-state index in [-0.39, 0.29) is 74.0 Å². The van der Waals surface area contributed by atoms with E-state index in [1.807, 2.05) is 13.8 Å². The summed E-state index contributed by atoms with van der Waals surface area (Å²) in [5.41, 5.74) is -1.74. The molecule has 17 heteroatoms. The predicted molar refractivity (Wildman–Crippen MR) is 217 cm³/mol. The van der Waals surface area contributed by atoms with Crippen molar-refractivity contribution in [2.45, 2.75) is 117 Å². The zero-order valence-corrected chi connectivity index (χ0v) is 35.5. The second-order valence-corrected chi connectivity index (χ2v) is 17.4. The molecule has 5 atom stereocenters. The Balaban J connectivity index is 1.64. The molecule has 0 aliphatic heterocycles. The van der Waals surface area contributed by atoms with E-state index in [2.05, 4.69) is 26.3 Å². The van der Waals surface area contributed by atoms with Gasteiger partial charge in [0.05, 0.1) is 36.9 Å². The average Bonchev–Trinajstić information content (AvgIpc) is 3.56. The minimum atomic E-state index is -4.66. The van der Waals surface area contributed by atoms with Crippen molar-refractivity contribution in [1.82, 2.24) is 26.3 Å². The van der Waals surface area contributed by atoms with Crippen molar-refractivity contribution in [2.75, 3.05) is 25.9 Å². The zero-order valence-electron chi connectivity index (χ0n) is 34.7. The maximum atomic E-state index is 14.8. The summed E-state index contributed by atoms with van der Waals surface area (Å²) in [7, 11) is -3.26. The average molecular weight is 852 g/mol. The van der Waals surface area contributed by atoms with Crippen molar-refractivity contribution in [3.63, 3.8) is 0 Å². The number of para-hydroxylation sites is 1. The molecule has 0 fully saturated rings. The number of H-pyrrole nitrogens is 1. The Morgan fingerprint density at radius 2 is 1.53 bits per heavy atom. The van der Waals surface area contributed by atoms with Gasteiger partial charge in [0.2, 0.25) is 23.6 Å². The van der Waals surface area contributed by atoms with Gasteiger partial charge in [-0.1, -0.05) is 70.9 Å². The molecule has 0 bridgehead atoms. The van der Waals surface area contributed by atoms with Gasteiger partial charge in [-0.3, -0.25) is 23.7 Å². The van der Waals surface area contributed by atoms with Gasteiger partial charge in [0.1, 0.15) is 23.4 Å². The number of unbranched alkanes of at least 4 members (excludes halogenated alkanes) is 1. The Hall–Kier alpha value is -4.27. The fraction of sp³-hybridized carbons (Fsp3) is 0.571. The fourth-order valence-corrected chi connectivity index (χ4v) is 9.14. The molecule has 1 heterocycles. The molecule has 0 radical (unpaired) electrons. The molecule has 0 spiro atoms. The number of nitrogens with one attached hydrogen (secondary N) is 5. The van der Waals surface area contributed by atoms with Crippen LogP contribution in [0, 0.1) is 17.7 Å². The molecule has 4 unspecified atom stereocenters. The molecule has 1 aliphatic carbocycles.